The molecule has 0 unspecified atom stereocenters. The summed E-state index contributed by atoms with van der Waals surface area (Å²) in [5, 5.41) is 11.7. The summed E-state index contributed by atoms with van der Waals surface area (Å²) in [5.41, 5.74) is 10.0. The number of hydrogen-bond acceptors (Lipinski definition) is 7. The van der Waals surface area contributed by atoms with Crippen molar-refractivity contribution in [2.45, 2.75) is 19.9 Å². The van der Waals surface area contributed by atoms with E-state index in [9.17, 15) is 0 Å². The second kappa shape index (κ2) is 7.24. The zero-order chi connectivity index (χ0) is 18.8. The number of fused-ring (bicyclic) bond motifs is 1. The summed E-state index contributed by atoms with van der Waals surface area (Å²) in [6.07, 6.45) is 4.35. The van der Waals surface area contributed by atoms with Crippen LogP contribution in [0.25, 0.3) is 22.6 Å². The fraction of sp³-hybridized carbons (Fsp3) is 0.222. The third-order valence-electron chi connectivity index (χ3n) is 4.31. The molecule has 0 fully saturated rings. The molecule has 9 heteroatoms. The Kier molecular flexibility index (Phi) is 4.64. The molecule has 0 bridgehead atoms. The smallest absolute Gasteiger partial charge is 0.199 e. The molecule has 4 aromatic rings. The summed E-state index contributed by atoms with van der Waals surface area (Å²) in [6.45, 7) is 3.45. The van der Waals surface area contributed by atoms with Gasteiger partial charge in [0.2, 0.25) is 0 Å². The van der Waals surface area contributed by atoms with Gasteiger partial charge in [-0.25, -0.2) is 9.61 Å². The van der Waals surface area contributed by atoms with Gasteiger partial charge < -0.3 is 15.6 Å². The largest absolute Gasteiger partial charge is 0.382 e. The van der Waals surface area contributed by atoms with Crippen LogP contribution in [-0.4, -0.2) is 31.4 Å². The van der Waals surface area contributed by atoms with Gasteiger partial charge in [-0.2, -0.15) is 0 Å². The average molecular weight is 384 g/mol. The van der Waals surface area contributed by atoms with Gasteiger partial charge >= 0.3 is 0 Å². The molecule has 0 aliphatic carbocycles. The van der Waals surface area contributed by atoms with Gasteiger partial charge in [0.15, 0.2) is 17.3 Å². The van der Waals surface area contributed by atoms with Crippen molar-refractivity contribution >= 4 is 34.1 Å². The maximum Gasteiger partial charge on any atom is 0.199 e. The van der Waals surface area contributed by atoms with Crippen molar-refractivity contribution in [3.8, 4) is 11.5 Å². The molecule has 0 saturated heterocycles. The maximum absolute atomic E-state index is 6.05. The van der Waals surface area contributed by atoms with Crippen LogP contribution in [0.5, 0.6) is 0 Å². The number of halogens is 1. The van der Waals surface area contributed by atoms with Gasteiger partial charge in [0, 0.05) is 18.1 Å². The number of nitrogens with one attached hydrogen (secondary N) is 1. The number of aromatic nitrogens is 5. The lowest BCUT2D eigenvalue weighted by Crippen LogP contribution is -2.07. The lowest BCUT2D eigenvalue weighted by molar-refractivity contribution is 0.310. The first-order chi connectivity index (χ1) is 13.2. The van der Waals surface area contributed by atoms with Crippen LogP contribution in [0, 0.1) is 0 Å². The van der Waals surface area contributed by atoms with Gasteiger partial charge in [-0.3, -0.25) is 4.98 Å². The SMILES string of the molecule is CCn1c(-c2nonc2N)nc2cncc(NCCc3cccc(Cl)c3)c21. The highest BCUT2D eigenvalue weighted by molar-refractivity contribution is 6.30. The first-order valence-corrected chi connectivity index (χ1v) is 8.96. The number of hydrogen-bond donors (Lipinski definition) is 2. The minimum atomic E-state index is 0.212. The molecule has 0 amide bonds. The van der Waals surface area contributed by atoms with E-state index in [1.807, 2.05) is 29.7 Å². The van der Waals surface area contributed by atoms with Gasteiger partial charge in [0.25, 0.3) is 0 Å². The third-order valence-corrected chi connectivity index (χ3v) is 4.55. The summed E-state index contributed by atoms with van der Waals surface area (Å²) < 4.78 is 6.75. The molecule has 4 rings (SSSR count). The molecule has 3 aromatic heterocycles. The first-order valence-electron chi connectivity index (χ1n) is 8.58. The van der Waals surface area contributed by atoms with Crippen LogP contribution >= 0.6 is 11.6 Å². The zero-order valence-electron chi connectivity index (χ0n) is 14.7. The number of nitrogens with zero attached hydrogens (tertiary/aromatic N) is 5. The van der Waals surface area contributed by atoms with Crippen LogP contribution in [0.15, 0.2) is 41.3 Å². The maximum atomic E-state index is 6.05. The number of aryl methyl sites for hydroxylation is 1. The fourth-order valence-corrected chi connectivity index (χ4v) is 3.30. The molecule has 0 atom stereocenters. The second-order valence-corrected chi connectivity index (χ2v) is 6.48. The molecular weight excluding hydrogens is 366 g/mol. The highest BCUT2D eigenvalue weighted by Crippen LogP contribution is 2.30. The molecule has 8 nitrogen and oxygen atoms in total. The number of pyridine rings is 1. The molecule has 0 saturated carbocycles. The quantitative estimate of drug-likeness (QED) is 0.525. The molecule has 1 aromatic carbocycles. The number of imidazole rings is 1. The van der Waals surface area contributed by atoms with Crippen molar-refractivity contribution in [3.05, 3.63) is 47.2 Å². The van der Waals surface area contributed by atoms with E-state index in [4.69, 9.17) is 22.0 Å². The van der Waals surface area contributed by atoms with Gasteiger partial charge in [-0.1, -0.05) is 23.7 Å². The third kappa shape index (κ3) is 3.31. The van der Waals surface area contributed by atoms with Crippen LogP contribution in [0.4, 0.5) is 11.5 Å². The molecule has 27 heavy (non-hydrogen) atoms. The Morgan fingerprint density at radius 1 is 1.26 bits per heavy atom. The average Bonchev–Trinajstić information content (AvgIpc) is 3.25. The van der Waals surface area contributed by atoms with E-state index in [2.05, 4.69) is 31.7 Å². The summed E-state index contributed by atoms with van der Waals surface area (Å²) in [7, 11) is 0. The molecule has 0 aliphatic rings. The van der Waals surface area contributed by atoms with Crippen LogP contribution in [0.2, 0.25) is 5.02 Å². The number of nitrogens with two attached hydrogens (primary N) is 1. The van der Waals surface area contributed by atoms with Crippen LogP contribution in [-0.2, 0) is 13.0 Å². The van der Waals surface area contributed by atoms with Crippen LogP contribution in [0.3, 0.4) is 0 Å². The number of nitrogen functional groups attached to an aromatic ring is 1. The van der Waals surface area contributed by atoms with Gasteiger partial charge in [-0.15, -0.1) is 0 Å². The van der Waals surface area contributed by atoms with E-state index >= 15 is 0 Å². The Hall–Kier alpha value is -3.13. The van der Waals surface area contributed by atoms with Crippen LogP contribution in [0.1, 0.15) is 12.5 Å². The lowest BCUT2D eigenvalue weighted by atomic mass is 10.1. The predicted molar refractivity (Wildman–Crippen MR) is 105 cm³/mol. The summed E-state index contributed by atoms with van der Waals surface area (Å²) in [4.78, 5) is 8.92. The Balaban J connectivity index is 1.65. The van der Waals surface area contributed by atoms with Crippen molar-refractivity contribution in [1.82, 2.24) is 24.8 Å². The minimum Gasteiger partial charge on any atom is -0.382 e. The Morgan fingerprint density at radius 3 is 2.89 bits per heavy atom. The molecule has 3 heterocycles. The van der Waals surface area contributed by atoms with E-state index < -0.39 is 0 Å². The normalized spacial score (nSPS) is 11.2. The number of rotatable bonds is 6. The fourth-order valence-electron chi connectivity index (χ4n) is 3.09. The van der Waals surface area contributed by atoms with Gasteiger partial charge in [0.05, 0.1) is 23.6 Å². The van der Waals surface area contributed by atoms with Crippen molar-refractivity contribution in [2.75, 3.05) is 17.6 Å². The molecular formula is C18H18ClN7O. The van der Waals surface area contributed by atoms with Crippen molar-refractivity contribution in [1.29, 1.82) is 0 Å². The van der Waals surface area contributed by atoms with Gasteiger partial charge in [0.1, 0.15) is 5.52 Å². The second-order valence-electron chi connectivity index (χ2n) is 6.04. The Labute approximate surface area is 160 Å². The molecule has 0 aliphatic heterocycles. The molecule has 138 valence electrons. The highest BCUT2D eigenvalue weighted by Gasteiger charge is 2.20. The van der Waals surface area contributed by atoms with Crippen molar-refractivity contribution in [3.63, 3.8) is 0 Å². The standard InChI is InChI=1S/C18H18ClN7O/c1-2-26-16-13(22-7-6-11-4-3-5-12(19)8-11)9-21-10-14(16)23-18(26)15-17(20)25-27-24-15/h3-5,8-10,22H,2,6-7H2,1H3,(H2,20,25). The number of anilines is 2. The monoisotopic (exact) mass is 383 g/mol. The van der Waals surface area contributed by atoms with E-state index in [0.29, 0.717) is 18.1 Å². The first kappa shape index (κ1) is 17.3. The topological polar surface area (TPSA) is 108 Å². The van der Waals surface area contributed by atoms with E-state index in [-0.39, 0.29) is 5.82 Å². The zero-order valence-corrected chi connectivity index (χ0v) is 15.4. The van der Waals surface area contributed by atoms with Gasteiger partial charge in [-0.05, 0) is 41.4 Å². The van der Waals surface area contributed by atoms with Crippen molar-refractivity contribution < 1.29 is 4.63 Å². The van der Waals surface area contributed by atoms with Crippen molar-refractivity contribution in [2.24, 2.45) is 0 Å². The highest BCUT2D eigenvalue weighted by atomic mass is 35.5. The molecule has 0 radical (unpaired) electrons. The molecule has 3 N–H and O–H groups in total. The summed E-state index contributed by atoms with van der Waals surface area (Å²) in [5.74, 6) is 0.820. The molecule has 0 spiro atoms. The Bertz CT molecular complexity index is 1090. The summed E-state index contributed by atoms with van der Waals surface area (Å²) in [6, 6.07) is 7.85. The lowest BCUT2D eigenvalue weighted by Gasteiger charge is -2.10. The predicted octanol–water partition coefficient (Wildman–Crippen LogP) is 3.39. The number of benzene rings is 1. The summed E-state index contributed by atoms with van der Waals surface area (Å²) >= 11 is 6.05. The minimum absolute atomic E-state index is 0.212. The van der Waals surface area contributed by atoms with E-state index in [0.717, 1.165) is 34.7 Å². The Morgan fingerprint density at radius 2 is 2.15 bits per heavy atom. The van der Waals surface area contributed by atoms with E-state index in [1.165, 1.54) is 5.56 Å². The van der Waals surface area contributed by atoms with E-state index in [1.54, 1.807) is 12.4 Å². The van der Waals surface area contributed by atoms with Crippen LogP contribution < -0.4 is 11.1 Å².